The lowest BCUT2D eigenvalue weighted by Crippen LogP contribution is -2.51. The number of para-hydroxylation sites is 2. The molecule has 132 valence electrons. The molecule has 1 N–H and O–H groups in total. The second-order valence-corrected chi connectivity index (χ2v) is 6.75. The first-order valence-electron chi connectivity index (χ1n) is 8.32. The van der Waals surface area contributed by atoms with Crippen molar-refractivity contribution < 1.29 is 4.74 Å². The van der Waals surface area contributed by atoms with E-state index in [0.29, 0.717) is 6.54 Å². The predicted molar refractivity (Wildman–Crippen MR) is 108 cm³/mol. The molecule has 0 aromatic heterocycles. The number of hydrogen-bond acceptors (Lipinski definition) is 3. The molecule has 0 amide bonds. The number of nitrogens with one attached hydrogen (secondary N) is 1. The van der Waals surface area contributed by atoms with Crippen LogP contribution in [0.1, 0.15) is 5.56 Å². The molecule has 0 aliphatic carbocycles. The predicted octanol–water partition coefficient (Wildman–Crippen LogP) is 3.55. The fourth-order valence-corrected chi connectivity index (χ4v) is 3.31. The highest BCUT2D eigenvalue weighted by Gasteiger charge is 2.20. The minimum atomic E-state index is 0.711. The molecular formula is C19H22ClN3OS. The zero-order valence-electron chi connectivity index (χ0n) is 14.2. The minimum Gasteiger partial charge on any atom is -0.495 e. The lowest BCUT2D eigenvalue weighted by atomic mass is 10.2. The molecule has 1 heterocycles. The number of benzene rings is 2. The average Bonchev–Trinajstić information content (AvgIpc) is 2.67. The first-order chi connectivity index (χ1) is 12.2. The van der Waals surface area contributed by atoms with E-state index in [4.69, 9.17) is 28.6 Å². The van der Waals surface area contributed by atoms with Crippen molar-refractivity contribution in [2.75, 3.05) is 38.2 Å². The summed E-state index contributed by atoms with van der Waals surface area (Å²) in [6.07, 6.45) is 0. The maximum Gasteiger partial charge on any atom is 0.169 e. The topological polar surface area (TPSA) is 27.7 Å². The van der Waals surface area contributed by atoms with Crippen molar-refractivity contribution in [1.82, 2.24) is 10.2 Å². The largest absolute Gasteiger partial charge is 0.495 e. The van der Waals surface area contributed by atoms with E-state index in [9.17, 15) is 0 Å². The molecule has 1 aliphatic heterocycles. The summed E-state index contributed by atoms with van der Waals surface area (Å²) >= 11 is 11.5. The third-order valence-electron chi connectivity index (χ3n) is 4.35. The quantitative estimate of drug-likeness (QED) is 0.825. The number of ether oxygens (including phenoxy) is 1. The molecule has 3 rings (SSSR count). The average molecular weight is 376 g/mol. The Labute approximate surface area is 159 Å². The third-order valence-corrected chi connectivity index (χ3v) is 5.00. The monoisotopic (exact) mass is 375 g/mol. The van der Waals surface area contributed by atoms with E-state index < -0.39 is 0 Å². The molecule has 0 unspecified atom stereocenters. The fraction of sp³-hybridized carbons (Fsp3) is 0.316. The van der Waals surface area contributed by atoms with Crippen LogP contribution in [0.2, 0.25) is 5.02 Å². The molecule has 0 radical (unpaired) electrons. The van der Waals surface area contributed by atoms with Gasteiger partial charge < -0.3 is 19.9 Å². The van der Waals surface area contributed by atoms with Crippen LogP contribution >= 0.6 is 23.8 Å². The number of anilines is 1. The molecule has 1 fully saturated rings. The Bertz CT molecular complexity index is 715. The van der Waals surface area contributed by atoms with Crippen LogP contribution in [0, 0.1) is 0 Å². The van der Waals surface area contributed by atoms with Crippen molar-refractivity contribution in [3.05, 3.63) is 59.1 Å². The number of hydrogen-bond donors (Lipinski definition) is 1. The molecule has 1 aliphatic rings. The van der Waals surface area contributed by atoms with Gasteiger partial charge in [-0.1, -0.05) is 35.9 Å². The van der Waals surface area contributed by atoms with Gasteiger partial charge in [0.05, 0.1) is 12.8 Å². The van der Waals surface area contributed by atoms with Crippen LogP contribution in [-0.4, -0.2) is 43.3 Å². The summed E-state index contributed by atoms with van der Waals surface area (Å²) in [6, 6.07) is 16.0. The van der Waals surface area contributed by atoms with Crippen molar-refractivity contribution in [2.45, 2.75) is 6.54 Å². The molecule has 0 atom stereocenters. The molecule has 4 nitrogen and oxygen atoms in total. The number of methoxy groups -OCH3 is 1. The highest BCUT2D eigenvalue weighted by atomic mass is 35.5. The van der Waals surface area contributed by atoms with Crippen molar-refractivity contribution in [3.8, 4) is 5.75 Å². The van der Waals surface area contributed by atoms with E-state index in [-0.39, 0.29) is 0 Å². The SMILES string of the molecule is COc1ccccc1N1CCN(C(=S)NCc2ccc(Cl)cc2)CC1. The fourth-order valence-electron chi connectivity index (χ4n) is 2.93. The number of halogens is 1. The van der Waals surface area contributed by atoms with Gasteiger partial charge in [-0.3, -0.25) is 0 Å². The van der Waals surface area contributed by atoms with E-state index in [1.807, 2.05) is 42.5 Å². The molecule has 0 saturated carbocycles. The molecule has 25 heavy (non-hydrogen) atoms. The molecule has 2 aromatic carbocycles. The number of nitrogens with zero attached hydrogens (tertiary/aromatic N) is 2. The molecule has 2 aromatic rings. The van der Waals surface area contributed by atoms with E-state index >= 15 is 0 Å². The van der Waals surface area contributed by atoms with E-state index in [1.54, 1.807) is 7.11 Å². The van der Waals surface area contributed by atoms with Gasteiger partial charge in [0.1, 0.15) is 5.75 Å². The van der Waals surface area contributed by atoms with Gasteiger partial charge in [0, 0.05) is 37.7 Å². The van der Waals surface area contributed by atoms with Gasteiger partial charge >= 0.3 is 0 Å². The second-order valence-electron chi connectivity index (χ2n) is 5.93. The zero-order chi connectivity index (χ0) is 17.6. The number of rotatable bonds is 4. The Morgan fingerprint density at radius 3 is 2.44 bits per heavy atom. The minimum absolute atomic E-state index is 0.711. The first-order valence-corrected chi connectivity index (χ1v) is 9.11. The van der Waals surface area contributed by atoms with Crippen LogP contribution < -0.4 is 15.0 Å². The van der Waals surface area contributed by atoms with Crippen molar-refractivity contribution in [3.63, 3.8) is 0 Å². The smallest absolute Gasteiger partial charge is 0.169 e. The Balaban J connectivity index is 1.51. The van der Waals surface area contributed by atoms with Crippen LogP contribution in [0.15, 0.2) is 48.5 Å². The summed E-state index contributed by atoms with van der Waals surface area (Å²) < 4.78 is 5.47. The molecule has 6 heteroatoms. The second kappa shape index (κ2) is 8.41. The summed E-state index contributed by atoms with van der Waals surface area (Å²) in [6.45, 7) is 4.34. The summed E-state index contributed by atoms with van der Waals surface area (Å²) in [5, 5.41) is 4.89. The third kappa shape index (κ3) is 4.55. The number of thiocarbonyl (C=S) groups is 1. The van der Waals surface area contributed by atoms with Crippen LogP contribution in [0.4, 0.5) is 5.69 Å². The van der Waals surface area contributed by atoms with Crippen LogP contribution in [0.5, 0.6) is 5.75 Å². The highest BCUT2D eigenvalue weighted by Crippen LogP contribution is 2.28. The standard InChI is InChI=1S/C19H22ClN3OS/c1-24-18-5-3-2-4-17(18)22-10-12-23(13-11-22)19(25)21-14-15-6-8-16(20)9-7-15/h2-9H,10-14H2,1H3,(H,21,25). The lowest BCUT2D eigenvalue weighted by molar-refractivity contribution is 0.373. The molecule has 1 saturated heterocycles. The maximum atomic E-state index is 5.91. The van der Waals surface area contributed by atoms with Crippen molar-refractivity contribution in [2.24, 2.45) is 0 Å². The Morgan fingerprint density at radius 2 is 1.76 bits per heavy atom. The van der Waals surface area contributed by atoms with Crippen LogP contribution in [-0.2, 0) is 6.54 Å². The zero-order valence-corrected chi connectivity index (χ0v) is 15.8. The summed E-state index contributed by atoms with van der Waals surface area (Å²) in [7, 11) is 1.71. The first kappa shape index (κ1) is 17.8. The van der Waals surface area contributed by atoms with Gasteiger partial charge in [0.15, 0.2) is 5.11 Å². The van der Waals surface area contributed by atoms with Gasteiger partial charge in [-0.2, -0.15) is 0 Å². The molecule has 0 spiro atoms. The lowest BCUT2D eigenvalue weighted by Gasteiger charge is -2.37. The van der Waals surface area contributed by atoms with Crippen LogP contribution in [0.25, 0.3) is 0 Å². The van der Waals surface area contributed by atoms with Gasteiger partial charge in [-0.15, -0.1) is 0 Å². The van der Waals surface area contributed by atoms with Crippen molar-refractivity contribution in [1.29, 1.82) is 0 Å². The molecule has 0 bridgehead atoms. The molecular weight excluding hydrogens is 354 g/mol. The van der Waals surface area contributed by atoms with Gasteiger partial charge in [0.2, 0.25) is 0 Å². The van der Waals surface area contributed by atoms with Crippen LogP contribution in [0.3, 0.4) is 0 Å². The Kier molecular flexibility index (Phi) is 6.00. The van der Waals surface area contributed by atoms with Gasteiger partial charge in [-0.05, 0) is 42.0 Å². The van der Waals surface area contributed by atoms with Crippen molar-refractivity contribution >= 4 is 34.6 Å². The van der Waals surface area contributed by atoms with Gasteiger partial charge in [0.25, 0.3) is 0 Å². The number of piperazine rings is 1. The van der Waals surface area contributed by atoms with E-state index in [1.165, 1.54) is 5.56 Å². The maximum absolute atomic E-state index is 5.91. The van der Waals surface area contributed by atoms with Gasteiger partial charge in [-0.25, -0.2) is 0 Å². The van der Waals surface area contributed by atoms with E-state index in [0.717, 1.165) is 47.8 Å². The highest BCUT2D eigenvalue weighted by molar-refractivity contribution is 7.80. The van der Waals surface area contributed by atoms with E-state index in [2.05, 4.69) is 21.2 Å². The normalized spacial score (nSPS) is 14.3. The summed E-state index contributed by atoms with van der Waals surface area (Å²) in [4.78, 5) is 4.56. The Morgan fingerprint density at radius 1 is 1.08 bits per heavy atom. The summed E-state index contributed by atoms with van der Waals surface area (Å²) in [5.41, 5.74) is 2.31. The summed E-state index contributed by atoms with van der Waals surface area (Å²) in [5.74, 6) is 0.916. The Hall–Kier alpha value is -1.98.